The Morgan fingerprint density at radius 3 is 2.46 bits per heavy atom. The number of nitrogens with one attached hydrogen (secondary N) is 1. The van der Waals surface area contributed by atoms with Gasteiger partial charge in [0.25, 0.3) is 11.5 Å². The average Bonchev–Trinajstić information content (AvgIpc) is 3.37. The maximum atomic E-state index is 13.7. The van der Waals surface area contributed by atoms with Crippen molar-refractivity contribution < 1.29 is 4.79 Å². The number of aromatic nitrogens is 5. The number of aromatic amines is 1. The van der Waals surface area contributed by atoms with Crippen LogP contribution in [0.3, 0.4) is 0 Å². The molecule has 2 heterocycles. The molecule has 0 aliphatic rings. The molecule has 0 unspecified atom stereocenters. The molecule has 0 atom stereocenters. The number of nitrogen functional groups attached to an aromatic ring is 1. The van der Waals surface area contributed by atoms with Crippen LogP contribution in [0, 0.1) is 0 Å². The summed E-state index contributed by atoms with van der Waals surface area (Å²) in [5.74, 6) is -0.432. The van der Waals surface area contributed by atoms with Crippen LogP contribution in [0.5, 0.6) is 0 Å². The van der Waals surface area contributed by atoms with Gasteiger partial charge in [-0.25, -0.2) is 14.5 Å². The molecule has 0 spiro atoms. The molecule has 1 amide bonds. The van der Waals surface area contributed by atoms with Gasteiger partial charge in [0, 0.05) is 12.1 Å². The average molecular weight is 474 g/mol. The number of amides is 1. The molecule has 0 saturated heterocycles. The molecule has 0 fully saturated rings. The van der Waals surface area contributed by atoms with E-state index in [1.54, 1.807) is 23.1 Å². The number of hydrogen-bond acceptors (Lipinski definition) is 6. The topological polar surface area (TPSA) is 132 Å². The number of hydrogen-bond donors (Lipinski definition) is 2. The molecule has 35 heavy (non-hydrogen) atoms. The smallest absolute Gasteiger partial charge is 0.330 e. The Hall–Kier alpha value is -4.47. The van der Waals surface area contributed by atoms with Crippen molar-refractivity contribution in [2.24, 2.45) is 0 Å². The fourth-order valence-electron chi connectivity index (χ4n) is 3.80. The molecular weight excluding hydrogens is 446 g/mol. The number of carbonyl (C=O) groups is 1. The van der Waals surface area contributed by atoms with Crippen LogP contribution in [-0.2, 0) is 19.6 Å². The van der Waals surface area contributed by atoms with Crippen LogP contribution in [0.1, 0.15) is 41.3 Å². The zero-order valence-corrected chi connectivity index (χ0v) is 19.4. The van der Waals surface area contributed by atoms with Crippen molar-refractivity contribution in [3.63, 3.8) is 0 Å². The van der Waals surface area contributed by atoms with Crippen LogP contribution in [0.4, 0.5) is 11.5 Å². The molecule has 3 N–H and O–H groups in total. The molecule has 0 bridgehead atoms. The van der Waals surface area contributed by atoms with Gasteiger partial charge in [-0.15, -0.1) is 0 Å². The second-order valence-electron chi connectivity index (χ2n) is 8.17. The lowest BCUT2D eigenvalue weighted by atomic mass is 10.1. The first-order chi connectivity index (χ1) is 17.0. The Bertz CT molecular complexity index is 1390. The van der Waals surface area contributed by atoms with Gasteiger partial charge in [0.2, 0.25) is 0 Å². The molecule has 0 aliphatic heterocycles. The van der Waals surface area contributed by atoms with Gasteiger partial charge < -0.3 is 5.73 Å². The minimum Gasteiger partial charge on any atom is -0.383 e. The molecule has 0 aliphatic carbocycles. The fourth-order valence-corrected chi connectivity index (χ4v) is 3.80. The summed E-state index contributed by atoms with van der Waals surface area (Å²) in [5.41, 5.74) is 7.13. The summed E-state index contributed by atoms with van der Waals surface area (Å²) >= 11 is 0. The Morgan fingerprint density at radius 1 is 1.06 bits per heavy atom. The number of nitrogens with two attached hydrogens (primary N) is 1. The van der Waals surface area contributed by atoms with E-state index >= 15 is 0 Å². The van der Waals surface area contributed by atoms with Crippen LogP contribution >= 0.6 is 0 Å². The third-order valence-corrected chi connectivity index (χ3v) is 5.66. The molecule has 2 aromatic heterocycles. The van der Waals surface area contributed by atoms with Gasteiger partial charge in [0.05, 0.1) is 13.1 Å². The molecule has 10 heteroatoms. The van der Waals surface area contributed by atoms with Crippen LogP contribution in [-0.4, -0.2) is 30.2 Å². The summed E-state index contributed by atoms with van der Waals surface area (Å²) < 4.78 is 2.99. The number of anilines is 2. The Labute approximate surface area is 201 Å². The van der Waals surface area contributed by atoms with E-state index in [1.165, 1.54) is 15.8 Å². The third-order valence-electron chi connectivity index (χ3n) is 5.66. The first kappa shape index (κ1) is 23.7. The van der Waals surface area contributed by atoms with Gasteiger partial charge in [0.1, 0.15) is 18.5 Å². The zero-order chi connectivity index (χ0) is 24.8. The Balaban J connectivity index is 1.73. The zero-order valence-electron chi connectivity index (χ0n) is 19.4. The van der Waals surface area contributed by atoms with Crippen molar-refractivity contribution >= 4 is 17.4 Å². The van der Waals surface area contributed by atoms with Gasteiger partial charge >= 0.3 is 5.69 Å². The minimum absolute atomic E-state index is 0.0284. The van der Waals surface area contributed by atoms with Crippen molar-refractivity contribution in [2.45, 2.75) is 39.4 Å². The van der Waals surface area contributed by atoms with Gasteiger partial charge in [-0.05, 0) is 29.7 Å². The SMILES string of the molecule is CCCCn1c(N)c(N(Cc2ccccc2)C(=O)c2ccc(Cn3cncn3)cc2)c(=O)[nH]c1=O. The molecule has 2 aromatic carbocycles. The predicted molar refractivity (Wildman–Crippen MR) is 133 cm³/mol. The van der Waals surface area contributed by atoms with Crippen LogP contribution in [0.25, 0.3) is 0 Å². The van der Waals surface area contributed by atoms with Crippen molar-refractivity contribution in [3.8, 4) is 0 Å². The summed E-state index contributed by atoms with van der Waals surface area (Å²) in [5, 5.41) is 4.09. The van der Waals surface area contributed by atoms with Crippen LogP contribution in [0.15, 0.2) is 76.8 Å². The lowest BCUT2D eigenvalue weighted by molar-refractivity contribution is 0.0984. The number of benzene rings is 2. The summed E-state index contributed by atoms with van der Waals surface area (Å²) in [4.78, 5) is 46.6. The van der Waals surface area contributed by atoms with Gasteiger partial charge in [-0.1, -0.05) is 55.8 Å². The first-order valence-corrected chi connectivity index (χ1v) is 11.4. The normalized spacial score (nSPS) is 10.9. The standard InChI is InChI=1S/C25H27N7O3/c1-2-3-13-31-22(26)21(23(33)29-25(31)35)32(15-18-7-5-4-6-8-18)24(34)20-11-9-19(10-12-20)14-30-17-27-16-28-30/h4-12,16-17H,2-3,13-15,26H2,1H3,(H,29,33,35). The summed E-state index contributed by atoms with van der Waals surface area (Å²) in [7, 11) is 0. The lowest BCUT2D eigenvalue weighted by Gasteiger charge is -2.25. The van der Waals surface area contributed by atoms with E-state index in [1.807, 2.05) is 49.4 Å². The second kappa shape index (κ2) is 10.6. The molecule has 10 nitrogen and oxygen atoms in total. The summed E-state index contributed by atoms with van der Waals surface area (Å²) in [6.45, 7) is 2.96. The van der Waals surface area contributed by atoms with Crippen molar-refractivity contribution in [3.05, 3.63) is 105 Å². The van der Waals surface area contributed by atoms with Gasteiger partial charge in [-0.2, -0.15) is 5.10 Å². The maximum absolute atomic E-state index is 13.7. The number of nitrogens with zero attached hydrogens (tertiary/aromatic N) is 5. The second-order valence-corrected chi connectivity index (χ2v) is 8.17. The van der Waals surface area contributed by atoms with Crippen molar-refractivity contribution in [2.75, 3.05) is 10.6 Å². The number of carbonyl (C=O) groups excluding carboxylic acids is 1. The molecule has 4 rings (SSSR count). The van der Waals surface area contributed by atoms with E-state index in [0.717, 1.165) is 17.5 Å². The van der Waals surface area contributed by atoms with Crippen LogP contribution in [0.2, 0.25) is 0 Å². The highest BCUT2D eigenvalue weighted by molar-refractivity contribution is 6.07. The summed E-state index contributed by atoms with van der Waals surface area (Å²) in [6, 6.07) is 16.3. The van der Waals surface area contributed by atoms with E-state index in [0.29, 0.717) is 25.1 Å². The first-order valence-electron chi connectivity index (χ1n) is 11.4. The quantitative estimate of drug-likeness (QED) is 0.384. The third kappa shape index (κ3) is 5.37. The van der Waals surface area contributed by atoms with E-state index in [2.05, 4.69) is 15.1 Å². The highest BCUT2D eigenvalue weighted by Crippen LogP contribution is 2.22. The lowest BCUT2D eigenvalue weighted by Crippen LogP contribution is -2.41. The Morgan fingerprint density at radius 2 is 1.80 bits per heavy atom. The monoisotopic (exact) mass is 473 g/mol. The largest absolute Gasteiger partial charge is 0.383 e. The number of unbranched alkanes of at least 4 members (excludes halogenated alkanes) is 1. The highest BCUT2D eigenvalue weighted by Gasteiger charge is 2.25. The molecule has 4 aromatic rings. The molecular formula is C25H27N7O3. The van der Waals surface area contributed by atoms with Crippen molar-refractivity contribution in [1.29, 1.82) is 0 Å². The Kier molecular flexibility index (Phi) is 7.20. The predicted octanol–water partition coefficient (Wildman–Crippen LogP) is 2.41. The molecule has 0 radical (unpaired) electrons. The molecule has 0 saturated carbocycles. The van der Waals surface area contributed by atoms with Gasteiger partial charge in [-0.3, -0.25) is 24.0 Å². The summed E-state index contributed by atoms with van der Waals surface area (Å²) in [6.07, 6.45) is 4.62. The minimum atomic E-state index is -0.702. The van der Waals surface area contributed by atoms with Crippen LogP contribution < -0.4 is 21.9 Å². The number of H-pyrrole nitrogens is 1. The molecule has 180 valence electrons. The highest BCUT2D eigenvalue weighted by atomic mass is 16.2. The van der Waals surface area contributed by atoms with E-state index in [-0.39, 0.29) is 18.1 Å². The van der Waals surface area contributed by atoms with E-state index in [9.17, 15) is 14.4 Å². The maximum Gasteiger partial charge on any atom is 0.330 e. The van der Waals surface area contributed by atoms with E-state index in [4.69, 9.17) is 5.73 Å². The number of rotatable bonds is 9. The van der Waals surface area contributed by atoms with E-state index < -0.39 is 17.2 Å². The van der Waals surface area contributed by atoms with Crippen molar-refractivity contribution in [1.82, 2.24) is 24.3 Å². The van der Waals surface area contributed by atoms with Gasteiger partial charge in [0.15, 0.2) is 5.69 Å². The fraction of sp³-hybridized carbons (Fsp3) is 0.240.